The highest BCUT2D eigenvalue weighted by Crippen LogP contribution is 2.32. The van der Waals surface area contributed by atoms with Crippen molar-refractivity contribution in [2.75, 3.05) is 0 Å². The van der Waals surface area contributed by atoms with E-state index in [9.17, 15) is 13.2 Å². The standard InChI is InChI=1S/C9H9BrF3N3/c10-7-3-6(9(11,12)13)2-1-5(7)4-16-8(14)15/h1-3H,4H2,(H4,14,15,16). The summed E-state index contributed by atoms with van der Waals surface area (Å²) < 4.78 is 37.3. The summed E-state index contributed by atoms with van der Waals surface area (Å²) in [6.07, 6.45) is -4.35. The fourth-order valence-electron chi connectivity index (χ4n) is 1.03. The van der Waals surface area contributed by atoms with E-state index in [1.54, 1.807) is 0 Å². The van der Waals surface area contributed by atoms with Gasteiger partial charge in [0.15, 0.2) is 5.96 Å². The van der Waals surface area contributed by atoms with Crippen molar-refractivity contribution >= 4 is 21.9 Å². The van der Waals surface area contributed by atoms with Crippen molar-refractivity contribution in [1.29, 1.82) is 0 Å². The Balaban J connectivity index is 2.97. The first-order valence-electron chi connectivity index (χ1n) is 4.21. The van der Waals surface area contributed by atoms with Crippen molar-refractivity contribution < 1.29 is 13.2 Å². The summed E-state index contributed by atoms with van der Waals surface area (Å²) in [6.45, 7) is 0.140. The highest BCUT2D eigenvalue weighted by Gasteiger charge is 2.30. The molecular formula is C9H9BrF3N3. The Kier molecular flexibility index (Phi) is 3.79. The molecule has 0 saturated heterocycles. The predicted octanol–water partition coefficient (Wildman–Crippen LogP) is 2.24. The van der Waals surface area contributed by atoms with Crippen molar-refractivity contribution in [3.8, 4) is 0 Å². The highest BCUT2D eigenvalue weighted by molar-refractivity contribution is 9.10. The van der Waals surface area contributed by atoms with Gasteiger partial charge in [0.1, 0.15) is 0 Å². The van der Waals surface area contributed by atoms with E-state index in [1.165, 1.54) is 6.07 Å². The Hall–Kier alpha value is -1.24. The van der Waals surface area contributed by atoms with Crippen LogP contribution in [-0.2, 0) is 12.7 Å². The second-order valence-corrected chi connectivity index (χ2v) is 3.90. The van der Waals surface area contributed by atoms with Gasteiger partial charge in [-0.3, -0.25) is 0 Å². The van der Waals surface area contributed by atoms with Gasteiger partial charge in [0.25, 0.3) is 0 Å². The van der Waals surface area contributed by atoms with Crippen LogP contribution < -0.4 is 11.5 Å². The summed E-state index contributed by atoms with van der Waals surface area (Å²) in [6, 6.07) is 3.32. The van der Waals surface area contributed by atoms with Crippen LogP contribution in [0.5, 0.6) is 0 Å². The van der Waals surface area contributed by atoms with E-state index in [-0.39, 0.29) is 12.5 Å². The first-order chi connectivity index (χ1) is 7.30. The molecule has 0 unspecified atom stereocenters. The lowest BCUT2D eigenvalue weighted by molar-refractivity contribution is -0.137. The van der Waals surface area contributed by atoms with Gasteiger partial charge in [-0.15, -0.1) is 0 Å². The lowest BCUT2D eigenvalue weighted by atomic mass is 10.1. The fraction of sp³-hybridized carbons (Fsp3) is 0.222. The Morgan fingerprint density at radius 2 is 1.94 bits per heavy atom. The van der Waals surface area contributed by atoms with Gasteiger partial charge in [-0.25, -0.2) is 4.99 Å². The van der Waals surface area contributed by atoms with Crippen molar-refractivity contribution in [1.82, 2.24) is 0 Å². The molecule has 16 heavy (non-hydrogen) atoms. The van der Waals surface area contributed by atoms with Gasteiger partial charge in [-0.2, -0.15) is 13.2 Å². The smallest absolute Gasteiger partial charge is 0.370 e. The number of halogens is 4. The van der Waals surface area contributed by atoms with Crippen LogP contribution in [0, 0.1) is 0 Å². The number of benzene rings is 1. The average molecular weight is 296 g/mol. The molecule has 0 atom stereocenters. The molecule has 0 radical (unpaired) electrons. The summed E-state index contributed by atoms with van der Waals surface area (Å²) in [4.78, 5) is 3.71. The third kappa shape index (κ3) is 3.41. The van der Waals surface area contributed by atoms with E-state index in [0.717, 1.165) is 12.1 Å². The maximum atomic E-state index is 12.3. The van der Waals surface area contributed by atoms with Crippen LogP contribution in [0.3, 0.4) is 0 Å². The van der Waals surface area contributed by atoms with Crippen LogP contribution in [0.15, 0.2) is 27.7 Å². The quantitative estimate of drug-likeness (QED) is 0.649. The van der Waals surface area contributed by atoms with Crippen LogP contribution in [0.2, 0.25) is 0 Å². The maximum absolute atomic E-state index is 12.3. The number of rotatable bonds is 2. The predicted molar refractivity (Wildman–Crippen MR) is 58.7 cm³/mol. The molecule has 1 aromatic carbocycles. The maximum Gasteiger partial charge on any atom is 0.416 e. The van der Waals surface area contributed by atoms with E-state index in [4.69, 9.17) is 11.5 Å². The Labute approximate surface area is 98.5 Å². The molecule has 0 aromatic heterocycles. The molecule has 3 nitrogen and oxygen atoms in total. The zero-order valence-corrected chi connectivity index (χ0v) is 9.64. The molecule has 0 bridgehead atoms. The first kappa shape index (κ1) is 12.8. The lowest BCUT2D eigenvalue weighted by Crippen LogP contribution is -2.22. The molecule has 0 spiro atoms. The molecular weight excluding hydrogens is 287 g/mol. The Bertz CT molecular complexity index is 411. The second-order valence-electron chi connectivity index (χ2n) is 3.05. The largest absolute Gasteiger partial charge is 0.416 e. The van der Waals surface area contributed by atoms with E-state index in [2.05, 4.69) is 20.9 Å². The van der Waals surface area contributed by atoms with Gasteiger partial charge in [-0.1, -0.05) is 22.0 Å². The number of guanidine groups is 1. The third-order valence-electron chi connectivity index (χ3n) is 1.81. The number of aliphatic imine (C=N–C) groups is 1. The van der Waals surface area contributed by atoms with Crippen molar-refractivity contribution in [2.45, 2.75) is 12.7 Å². The molecule has 0 fully saturated rings. The summed E-state index contributed by atoms with van der Waals surface area (Å²) >= 11 is 3.04. The molecule has 0 heterocycles. The van der Waals surface area contributed by atoms with Crippen LogP contribution in [0.4, 0.5) is 13.2 Å². The molecule has 7 heteroatoms. The van der Waals surface area contributed by atoms with Crippen molar-refractivity contribution in [2.24, 2.45) is 16.5 Å². The molecule has 1 aromatic rings. The third-order valence-corrected chi connectivity index (χ3v) is 2.55. The second kappa shape index (κ2) is 4.73. The zero-order valence-electron chi connectivity index (χ0n) is 8.05. The van der Waals surface area contributed by atoms with Crippen LogP contribution in [0.1, 0.15) is 11.1 Å². The lowest BCUT2D eigenvalue weighted by Gasteiger charge is -2.08. The summed E-state index contributed by atoms with van der Waals surface area (Å²) in [5, 5.41) is 0. The molecule has 88 valence electrons. The topological polar surface area (TPSA) is 64.4 Å². The van der Waals surface area contributed by atoms with Crippen LogP contribution in [-0.4, -0.2) is 5.96 Å². The molecule has 0 saturated carbocycles. The SMILES string of the molecule is NC(N)=NCc1ccc(C(F)(F)F)cc1Br. The molecule has 0 aliphatic carbocycles. The number of hydrogen-bond acceptors (Lipinski definition) is 1. The average Bonchev–Trinajstić information content (AvgIpc) is 2.14. The molecule has 0 amide bonds. The van der Waals surface area contributed by atoms with E-state index in [1.807, 2.05) is 0 Å². The van der Waals surface area contributed by atoms with E-state index < -0.39 is 11.7 Å². The normalized spacial score (nSPS) is 11.2. The highest BCUT2D eigenvalue weighted by atomic mass is 79.9. The number of hydrogen-bond donors (Lipinski definition) is 2. The minimum absolute atomic E-state index is 0.105. The summed E-state index contributed by atoms with van der Waals surface area (Å²) in [7, 11) is 0. The van der Waals surface area contributed by atoms with Crippen molar-refractivity contribution in [3.05, 3.63) is 33.8 Å². The van der Waals surface area contributed by atoms with E-state index in [0.29, 0.717) is 10.0 Å². The Morgan fingerprint density at radius 1 is 1.31 bits per heavy atom. The van der Waals surface area contributed by atoms with Gasteiger partial charge >= 0.3 is 6.18 Å². The van der Waals surface area contributed by atoms with Gasteiger partial charge in [-0.05, 0) is 17.7 Å². The number of alkyl halides is 3. The van der Waals surface area contributed by atoms with E-state index >= 15 is 0 Å². The monoisotopic (exact) mass is 295 g/mol. The summed E-state index contributed by atoms with van der Waals surface area (Å²) in [5.41, 5.74) is 10.1. The number of nitrogens with two attached hydrogens (primary N) is 2. The molecule has 0 aliphatic heterocycles. The minimum atomic E-state index is -4.35. The molecule has 1 rings (SSSR count). The first-order valence-corrected chi connectivity index (χ1v) is 5.01. The molecule has 0 aliphatic rings. The minimum Gasteiger partial charge on any atom is -0.370 e. The molecule has 4 N–H and O–H groups in total. The number of nitrogens with zero attached hydrogens (tertiary/aromatic N) is 1. The fourth-order valence-corrected chi connectivity index (χ4v) is 1.53. The Morgan fingerprint density at radius 3 is 2.38 bits per heavy atom. The van der Waals surface area contributed by atoms with Crippen LogP contribution in [0.25, 0.3) is 0 Å². The van der Waals surface area contributed by atoms with Crippen molar-refractivity contribution in [3.63, 3.8) is 0 Å². The zero-order chi connectivity index (χ0) is 12.3. The summed E-state index contributed by atoms with van der Waals surface area (Å²) in [5.74, 6) is -0.105. The van der Waals surface area contributed by atoms with Crippen LogP contribution >= 0.6 is 15.9 Å². The van der Waals surface area contributed by atoms with Gasteiger partial charge in [0.2, 0.25) is 0 Å². The van der Waals surface area contributed by atoms with Gasteiger partial charge in [0.05, 0.1) is 12.1 Å². The van der Waals surface area contributed by atoms with Gasteiger partial charge in [0, 0.05) is 4.47 Å². The van der Waals surface area contributed by atoms with Gasteiger partial charge < -0.3 is 11.5 Å².